The highest BCUT2D eigenvalue weighted by Gasteiger charge is 2.26. The van der Waals surface area contributed by atoms with Crippen LogP contribution in [0.4, 0.5) is 25.0 Å². The standard InChI is InChI=1S/C26H24F2N4O3/c1-34-18-8-9-19-24(16-18)35-23-6-3-2-5-22(23)30-25(19)31-11-4-12-32(14-13-31)26(33)29-17-7-10-20(27)21(28)15-17/h2-3,5-10,15-16H,4,11-14H2,1H3,(H,29,33). The molecule has 0 atom stereocenters. The number of halogens is 2. The number of rotatable bonds is 2. The van der Waals surface area contributed by atoms with E-state index >= 15 is 0 Å². The number of hydrogen-bond donors (Lipinski definition) is 1. The molecule has 3 aromatic carbocycles. The summed E-state index contributed by atoms with van der Waals surface area (Å²) < 4.78 is 38.3. The summed E-state index contributed by atoms with van der Waals surface area (Å²) in [4.78, 5) is 21.5. The zero-order chi connectivity index (χ0) is 24.4. The van der Waals surface area contributed by atoms with Crippen LogP contribution in [0.1, 0.15) is 12.0 Å². The van der Waals surface area contributed by atoms with Crippen molar-refractivity contribution in [3.05, 3.63) is 77.9 Å². The summed E-state index contributed by atoms with van der Waals surface area (Å²) in [7, 11) is 1.61. The van der Waals surface area contributed by atoms with E-state index in [1.54, 1.807) is 12.0 Å². The van der Waals surface area contributed by atoms with Gasteiger partial charge in [-0.05, 0) is 42.8 Å². The molecule has 0 unspecified atom stereocenters. The minimum atomic E-state index is -1.01. The van der Waals surface area contributed by atoms with Gasteiger partial charge in [0.2, 0.25) is 0 Å². The quantitative estimate of drug-likeness (QED) is 0.536. The monoisotopic (exact) mass is 478 g/mol. The molecular formula is C26H24F2N4O3. The fraction of sp³-hybridized carbons (Fsp3) is 0.231. The minimum Gasteiger partial charge on any atom is -0.497 e. The van der Waals surface area contributed by atoms with Crippen LogP contribution in [0.15, 0.2) is 65.7 Å². The second kappa shape index (κ2) is 9.61. The largest absolute Gasteiger partial charge is 0.497 e. The Morgan fingerprint density at radius 2 is 1.83 bits per heavy atom. The summed E-state index contributed by atoms with van der Waals surface area (Å²) in [5.41, 5.74) is 1.76. The van der Waals surface area contributed by atoms with Crippen molar-refractivity contribution in [1.82, 2.24) is 9.80 Å². The number of carbonyl (C=O) groups is 1. The lowest BCUT2D eigenvalue weighted by Gasteiger charge is -2.25. The van der Waals surface area contributed by atoms with Crippen LogP contribution in [0.3, 0.4) is 0 Å². The molecule has 0 aromatic heterocycles. The van der Waals surface area contributed by atoms with Crippen LogP contribution in [0.25, 0.3) is 0 Å². The van der Waals surface area contributed by atoms with Gasteiger partial charge in [-0.25, -0.2) is 18.6 Å². The number of benzene rings is 3. The van der Waals surface area contributed by atoms with Crippen LogP contribution in [-0.2, 0) is 0 Å². The molecule has 1 N–H and O–H groups in total. The van der Waals surface area contributed by atoms with Crippen molar-refractivity contribution in [2.45, 2.75) is 6.42 Å². The summed E-state index contributed by atoms with van der Waals surface area (Å²) in [6.45, 7) is 2.17. The molecule has 7 nitrogen and oxygen atoms in total. The van der Waals surface area contributed by atoms with Crippen molar-refractivity contribution in [3.63, 3.8) is 0 Å². The number of urea groups is 1. The molecular weight excluding hydrogens is 454 g/mol. The first-order valence-electron chi connectivity index (χ1n) is 11.3. The van der Waals surface area contributed by atoms with Crippen LogP contribution in [-0.4, -0.2) is 55.0 Å². The number of carbonyl (C=O) groups excluding carboxylic acids is 1. The summed E-state index contributed by atoms with van der Waals surface area (Å²) in [6.07, 6.45) is 0.707. The van der Waals surface area contributed by atoms with Crippen molar-refractivity contribution in [1.29, 1.82) is 0 Å². The Balaban J connectivity index is 1.38. The first kappa shape index (κ1) is 22.6. The second-order valence-electron chi connectivity index (χ2n) is 8.25. The van der Waals surface area contributed by atoms with E-state index in [0.29, 0.717) is 49.8 Å². The van der Waals surface area contributed by atoms with E-state index in [1.807, 2.05) is 42.5 Å². The third-order valence-corrected chi connectivity index (χ3v) is 5.99. The number of amides is 2. The predicted molar refractivity (Wildman–Crippen MR) is 129 cm³/mol. The number of anilines is 1. The molecule has 1 saturated heterocycles. The van der Waals surface area contributed by atoms with Crippen LogP contribution in [0.2, 0.25) is 0 Å². The summed E-state index contributed by atoms with van der Waals surface area (Å²) >= 11 is 0. The molecule has 5 rings (SSSR count). The van der Waals surface area contributed by atoms with E-state index < -0.39 is 11.6 Å². The summed E-state index contributed by atoms with van der Waals surface area (Å²) in [5.74, 6) is 0.772. The smallest absolute Gasteiger partial charge is 0.321 e. The van der Waals surface area contributed by atoms with Crippen LogP contribution < -0.4 is 14.8 Å². The number of aliphatic imine (C=N–C) groups is 1. The van der Waals surface area contributed by atoms with Gasteiger partial charge in [-0.1, -0.05) is 12.1 Å². The number of nitrogens with one attached hydrogen (secondary N) is 1. The molecule has 1 fully saturated rings. The first-order chi connectivity index (χ1) is 17.0. The van der Waals surface area contributed by atoms with Crippen molar-refractivity contribution >= 4 is 23.2 Å². The van der Waals surface area contributed by atoms with Crippen molar-refractivity contribution in [3.8, 4) is 17.2 Å². The van der Waals surface area contributed by atoms with Gasteiger partial charge in [-0.15, -0.1) is 0 Å². The molecule has 0 spiro atoms. The van der Waals surface area contributed by atoms with Crippen molar-refractivity contribution in [2.24, 2.45) is 4.99 Å². The molecule has 180 valence electrons. The Kier molecular flexibility index (Phi) is 6.22. The molecule has 2 aliphatic heterocycles. The fourth-order valence-electron chi connectivity index (χ4n) is 4.18. The van der Waals surface area contributed by atoms with Gasteiger partial charge in [0.05, 0.1) is 12.7 Å². The normalized spacial score (nSPS) is 15.1. The maximum Gasteiger partial charge on any atom is 0.321 e. The van der Waals surface area contributed by atoms with Gasteiger partial charge in [0.25, 0.3) is 0 Å². The van der Waals surface area contributed by atoms with E-state index in [2.05, 4.69) is 10.2 Å². The van der Waals surface area contributed by atoms with Crippen LogP contribution in [0.5, 0.6) is 17.2 Å². The average molecular weight is 478 g/mol. The van der Waals surface area contributed by atoms with Crippen molar-refractivity contribution in [2.75, 3.05) is 38.6 Å². The maximum atomic E-state index is 13.5. The topological polar surface area (TPSA) is 66.4 Å². The lowest BCUT2D eigenvalue weighted by Crippen LogP contribution is -2.39. The maximum absolute atomic E-state index is 13.5. The number of amidine groups is 1. The highest BCUT2D eigenvalue weighted by atomic mass is 19.2. The Morgan fingerprint density at radius 1 is 0.971 bits per heavy atom. The van der Waals surface area contributed by atoms with Crippen LogP contribution in [0, 0.1) is 11.6 Å². The Labute approximate surface area is 201 Å². The highest BCUT2D eigenvalue weighted by Crippen LogP contribution is 2.39. The van der Waals surface area contributed by atoms with E-state index in [1.165, 1.54) is 6.07 Å². The molecule has 2 aliphatic rings. The van der Waals surface area contributed by atoms with Gasteiger partial charge in [0.15, 0.2) is 17.4 Å². The number of methoxy groups -OCH3 is 1. The van der Waals surface area contributed by atoms with Gasteiger partial charge in [-0.3, -0.25) is 0 Å². The highest BCUT2D eigenvalue weighted by molar-refractivity contribution is 6.04. The summed E-state index contributed by atoms with van der Waals surface area (Å²) in [5, 5.41) is 2.65. The number of nitrogens with zero attached hydrogens (tertiary/aromatic N) is 3. The minimum absolute atomic E-state index is 0.208. The molecule has 0 radical (unpaired) electrons. The van der Waals surface area contributed by atoms with Crippen LogP contribution >= 0.6 is 0 Å². The van der Waals surface area contributed by atoms with Gasteiger partial charge in [0, 0.05) is 44.0 Å². The first-order valence-corrected chi connectivity index (χ1v) is 11.3. The van der Waals surface area contributed by atoms with Gasteiger partial charge in [-0.2, -0.15) is 0 Å². The zero-order valence-corrected chi connectivity index (χ0v) is 19.1. The average Bonchev–Trinajstić information content (AvgIpc) is 3.20. The van der Waals surface area contributed by atoms with E-state index in [9.17, 15) is 13.6 Å². The van der Waals surface area contributed by atoms with Gasteiger partial charge >= 0.3 is 6.03 Å². The molecule has 2 heterocycles. The third kappa shape index (κ3) is 4.75. The number of hydrogen-bond acceptors (Lipinski definition) is 5. The van der Waals surface area contributed by atoms with Gasteiger partial charge in [0.1, 0.15) is 23.0 Å². The zero-order valence-electron chi connectivity index (χ0n) is 19.1. The predicted octanol–water partition coefficient (Wildman–Crippen LogP) is 5.40. The number of para-hydroxylation sites is 2. The van der Waals surface area contributed by atoms with E-state index in [4.69, 9.17) is 14.5 Å². The molecule has 9 heteroatoms. The lowest BCUT2D eigenvalue weighted by atomic mass is 10.1. The second-order valence-corrected chi connectivity index (χ2v) is 8.25. The molecule has 3 aromatic rings. The summed E-state index contributed by atoms with van der Waals surface area (Å²) in [6, 6.07) is 16.2. The molecule has 0 bridgehead atoms. The molecule has 0 saturated carbocycles. The Morgan fingerprint density at radius 3 is 2.66 bits per heavy atom. The van der Waals surface area contributed by atoms with Crippen molar-refractivity contribution < 1.29 is 23.0 Å². The fourth-order valence-corrected chi connectivity index (χ4v) is 4.18. The molecule has 0 aliphatic carbocycles. The Hall–Kier alpha value is -4.14. The SMILES string of the molecule is COc1ccc2c(c1)Oc1ccccc1N=C2N1CCCN(C(=O)Nc2ccc(F)c(F)c2)CC1. The third-order valence-electron chi connectivity index (χ3n) is 5.99. The molecule has 35 heavy (non-hydrogen) atoms. The Bertz CT molecular complexity index is 1300. The van der Waals surface area contributed by atoms with Gasteiger partial charge < -0.3 is 24.6 Å². The number of fused-ring (bicyclic) bond motifs is 2. The van der Waals surface area contributed by atoms with E-state index in [0.717, 1.165) is 29.2 Å². The lowest BCUT2D eigenvalue weighted by molar-refractivity contribution is 0.214. The number of ether oxygens (including phenoxy) is 2. The van der Waals surface area contributed by atoms with E-state index in [-0.39, 0.29) is 11.7 Å². The molecule has 2 amide bonds.